The third-order valence-corrected chi connectivity index (χ3v) is 4.46. The molecule has 0 atom stereocenters. The van der Waals surface area contributed by atoms with Gasteiger partial charge in [0.25, 0.3) is 11.8 Å². The number of carbonyl (C=O) groups excluding carboxylic acids is 3. The van der Waals surface area contributed by atoms with Gasteiger partial charge in [0.1, 0.15) is 0 Å². The van der Waals surface area contributed by atoms with Crippen LogP contribution < -0.4 is 20.1 Å². The van der Waals surface area contributed by atoms with Crippen molar-refractivity contribution in [3.8, 4) is 11.5 Å². The molecule has 0 saturated carbocycles. The quantitative estimate of drug-likeness (QED) is 0.636. The lowest BCUT2D eigenvalue weighted by Crippen LogP contribution is -2.36. The summed E-state index contributed by atoms with van der Waals surface area (Å²) in [6.07, 6.45) is 0. The maximum atomic E-state index is 12.3. The number of nitrogens with one attached hydrogen (secondary N) is 2. The average Bonchev–Trinajstić information content (AvgIpc) is 2.73. The van der Waals surface area contributed by atoms with E-state index >= 15 is 0 Å². The first kappa shape index (κ1) is 23.7. The SMILES string of the molecule is COc1cc(CNC(=O)CNC(=O)c2cc(C)cc(C)c2)ccc1OCC(=O)N(C)C. The van der Waals surface area contributed by atoms with Crippen molar-refractivity contribution in [1.82, 2.24) is 15.5 Å². The van der Waals surface area contributed by atoms with Crippen LogP contribution in [0.2, 0.25) is 0 Å². The highest BCUT2D eigenvalue weighted by atomic mass is 16.5. The van der Waals surface area contributed by atoms with E-state index in [4.69, 9.17) is 9.47 Å². The molecule has 0 aromatic heterocycles. The molecule has 0 saturated heterocycles. The second-order valence-electron chi connectivity index (χ2n) is 7.40. The zero-order valence-corrected chi connectivity index (χ0v) is 18.6. The number of hydrogen-bond acceptors (Lipinski definition) is 5. The number of nitrogens with zero attached hydrogens (tertiary/aromatic N) is 1. The maximum absolute atomic E-state index is 12.3. The number of methoxy groups -OCH3 is 1. The summed E-state index contributed by atoms with van der Waals surface area (Å²) in [4.78, 5) is 37.5. The Morgan fingerprint density at radius 2 is 1.61 bits per heavy atom. The molecule has 166 valence electrons. The van der Waals surface area contributed by atoms with E-state index in [-0.39, 0.29) is 37.4 Å². The summed E-state index contributed by atoms with van der Waals surface area (Å²) in [6.45, 7) is 3.87. The van der Waals surface area contributed by atoms with Gasteiger partial charge in [-0.25, -0.2) is 0 Å². The van der Waals surface area contributed by atoms with E-state index in [2.05, 4.69) is 10.6 Å². The molecule has 2 rings (SSSR count). The second-order valence-corrected chi connectivity index (χ2v) is 7.40. The first-order valence-electron chi connectivity index (χ1n) is 9.82. The second kappa shape index (κ2) is 11.0. The van der Waals surface area contributed by atoms with Crippen molar-refractivity contribution >= 4 is 17.7 Å². The summed E-state index contributed by atoms with van der Waals surface area (Å²) < 4.78 is 10.8. The maximum Gasteiger partial charge on any atom is 0.259 e. The predicted molar refractivity (Wildman–Crippen MR) is 117 cm³/mol. The molecule has 2 aromatic rings. The van der Waals surface area contributed by atoms with Crippen molar-refractivity contribution in [1.29, 1.82) is 0 Å². The normalized spacial score (nSPS) is 10.2. The molecule has 0 fully saturated rings. The zero-order valence-electron chi connectivity index (χ0n) is 18.6. The molecule has 0 aliphatic rings. The molecule has 3 amide bonds. The van der Waals surface area contributed by atoms with Crippen LogP contribution in [0.4, 0.5) is 0 Å². The fourth-order valence-electron chi connectivity index (χ4n) is 2.84. The number of amides is 3. The minimum Gasteiger partial charge on any atom is -0.493 e. The Kier molecular flexibility index (Phi) is 8.43. The average molecular weight is 428 g/mol. The standard InChI is InChI=1S/C23H29N3O5/c1-15-8-16(2)10-18(9-15)23(29)25-13-21(27)24-12-17-6-7-19(20(11-17)30-5)31-14-22(28)26(3)4/h6-11H,12-14H2,1-5H3,(H,24,27)(H,25,29). The van der Waals surface area contributed by atoms with Crippen LogP contribution in [0.15, 0.2) is 36.4 Å². The number of hydrogen-bond donors (Lipinski definition) is 2. The molecule has 0 radical (unpaired) electrons. The smallest absolute Gasteiger partial charge is 0.259 e. The fourth-order valence-corrected chi connectivity index (χ4v) is 2.84. The molecule has 0 spiro atoms. The molecule has 0 bridgehead atoms. The highest BCUT2D eigenvalue weighted by molar-refractivity contribution is 5.96. The van der Waals surface area contributed by atoms with Crippen molar-refractivity contribution in [2.45, 2.75) is 20.4 Å². The third kappa shape index (κ3) is 7.33. The Hall–Kier alpha value is -3.55. The molecule has 2 N–H and O–H groups in total. The van der Waals surface area contributed by atoms with Gasteiger partial charge in [-0.05, 0) is 43.7 Å². The van der Waals surface area contributed by atoms with Crippen molar-refractivity contribution in [3.63, 3.8) is 0 Å². The Morgan fingerprint density at radius 1 is 0.935 bits per heavy atom. The van der Waals surface area contributed by atoms with E-state index in [1.165, 1.54) is 12.0 Å². The molecule has 0 unspecified atom stereocenters. The van der Waals surface area contributed by atoms with E-state index in [0.717, 1.165) is 16.7 Å². The summed E-state index contributed by atoms with van der Waals surface area (Å²) in [5.74, 6) is 0.127. The molecule has 2 aromatic carbocycles. The van der Waals surface area contributed by atoms with Gasteiger partial charge >= 0.3 is 0 Å². The topological polar surface area (TPSA) is 97.0 Å². The van der Waals surface area contributed by atoms with Gasteiger partial charge in [-0.3, -0.25) is 14.4 Å². The monoisotopic (exact) mass is 427 g/mol. The van der Waals surface area contributed by atoms with Crippen LogP contribution in [-0.2, 0) is 16.1 Å². The number of benzene rings is 2. The van der Waals surface area contributed by atoms with E-state index in [0.29, 0.717) is 17.1 Å². The first-order chi connectivity index (χ1) is 14.7. The van der Waals surface area contributed by atoms with Gasteiger partial charge < -0.3 is 25.0 Å². The largest absolute Gasteiger partial charge is 0.493 e. The highest BCUT2D eigenvalue weighted by Gasteiger charge is 2.12. The van der Waals surface area contributed by atoms with Crippen LogP contribution in [0, 0.1) is 13.8 Å². The van der Waals surface area contributed by atoms with Gasteiger partial charge in [0.15, 0.2) is 18.1 Å². The summed E-state index contributed by atoms with van der Waals surface area (Å²) in [7, 11) is 4.80. The fraction of sp³-hybridized carbons (Fsp3) is 0.348. The van der Waals surface area contributed by atoms with Gasteiger partial charge in [0.2, 0.25) is 5.91 Å². The summed E-state index contributed by atoms with van der Waals surface area (Å²) in [6, 6.07) is 10.7. The lowest BCUT2D eigenvalue weighted by molar-refractivity contribution is -0.130. The zero-order chi connectivity index (χ0) is 23.0. The van der Waals surface area contributed by atoms with Crippen molar-refractivity contribution in [2.24, 2.45) is 0 Å². The number of likely N-dealkylation sites (N-methyl/N-ethyl adjacent to an activating group) is 1. The van der Waals surface area contributed by atoms with Crippen LogP contribution in [0.5, 0.6) is 11.5 Å². The summed E-state index contributed by atoms with van der Waals surface area (Å²) >= 11 is 0. The summed E-state index contributed by atoms with van der Waals surface area (Å²) in [5.41, 5.74) is 3.29. The number of aryl methyl sites for hydroxylation is 2. The van der Waals surface area contributed by atoms with Gasteiger partial charge in [-0.1, -0.05) is 23.3 Å². The van der Waals surface area contributed by atoms with Crippen molar-refractivity contribution < 1.29 is 23.9 Å². The lowest BCUT2D eigenvalue weighted by Gasteiger charge is -2.14. The number of carbonyl (C=O) groups is 3. The Bertz CT molecular complexity index is 936. The Labute approximate surface area is 182 Å². The minimum absolute atomic E-state index is 0.0976. The number of rotatable bonds is 9. The van der Waals surface area contributed by atoms with Crippen LogP contribution >= 0.6 is 0 Å². The van der Waals surface area contributed by atoms with Crippen LogP contribution in [0.25, 0.3) is 0 Å². The third-order valence-electron chi connectivity index (χ3n) is 4.46. The van der Waals surface area contributed by atoms with Crippen LogP contribution in [0.3, 0.4) is 0 Å². The molecule has 8 heteroatoms. The van der Waals surface area contributed by atoms with E-state index in [1.54, 1.807) is 44.4 Å². The molecule has 8 nitrogen and oxygen atoms in total. The Morgan fingerprint density at radius 3 is 2.23 bits per heavy atom. The molecule has 0 aliphatic carbocycles. The van der Waals surface area contributed by atoms with Gasteiger partial charge in [-0.15, -0.1) is 0 Å². The van der Waals surface area contributed by atoms with Crippen LogP contribution in [-0.4, -0.2) is 57.0 Å². The minimum atomic E-state index is -0.311. The first-order valence-corrected chi connectivity index (χ1v) is 9.82. The van der Waals surface area contributed by atoms with E-state index < -0.39 is 0 Å². The molecule has 0 heterocycles. The predicted octanol–water partition coefficient (Wildman–Crippen LogP) is 1.83. The lowest BCUT2D eigenvalue weighted by atomic mass is 10.1. The van der Waals surface area contributed by atoms with Gasteiger partial charge in [-0.2, -0.15) is 0 Å². The molecule has 31 heavy (non-hydrogen) atoms. The molecular weight excluding hydrogens is 398 g/mol. The van der Waals surface area contributed by atoms with Crippen molar-refractivity contribution in [3.05, 3.63) is 58.7 Å². The van der Waals surface area contributed by atoms with Crippen molar-refractivity contribution in [2.75, 3.05) is 34.4 Å². The van der Waals surface area contributed by atoms with E-state index in [9.17, 15) is 14.4 Å². The highest BCUT2D eigenvalue weighted by Crippen LogP contribution is 2.28. The molecule has 0 aliphatic heterocycles. The van der Waals surface area contributed by atoms with Gasteiger partial charge in [0, 0.05) is 26.2 Å². The van der Waals surface area contributed by atoms with E-state index in [1.807, 2.05) is 19.9 Å². The number of ether oxygens (including phenoxy) is 2. The van der Waals surface area contributed by atoms with Crippen LogP contribution in [0.1, 0.15) is 27.0 Å². The summed E-state index contributed by atoms with van der Waals surface area (Å²) in [5, 5.41) is 5.38. The molecular formula is C23H29N3O5. The van der Waals surface area contributed by atoms with Gasteiger partial charge in [0.05, 0.1) is 13.7 Å². The Balaban J connectivity index is 1.86.